The normalized spacial score (nSPS) is 13.5. The summed E-state index contributed by atoms with van der Waals surface area (Å²) in [6.45, 7) is 0.237. The number of halogens is 5. The molecule has 0 unspecified atom stereocenters. The van der Waals surface area contributed by atoms with Crippen molar-refractivity contribution in [3.05, 3.63) is 63.5 Å². The summed E-state index contributed by atoms with van der Waals surface area (Å²) < 4.78 is 40.6. The average Bonchev–Trinajstić information content (AvgIpc) is 3.56. The topological polar surface area (TPSA) is 95.6 Å². The van der Waals surface area contributed by atoms with Crippen molar-refractivity contribution in [2.24, 2.45) is 5.92 Å². The van der Waals surface area contributed by atoms with E-state index in [0.29, 0.717) is 0 Å². The molecule has 0 radical (unpaired) electrons. The second kappa shape index (κ2) is 8.92. The van der Waals surface area contributed by atoms with E-state index in [-0.39, 0.29) is 51.3 Å². The van der Waals surface area contributed by atoms with E-state index >= 15 is 0 Å². The predicted octanol–water partition coefficient (Wildman–Crippen LogP) is 5.43. The third-order valence-corrected chi connectivity index (χ3v) is 5.53. The SMILES string of the molecule is N#Cc1nn(-c2c(Cl)cc(C(F)(F)F)cc2Cl)c(NCc2ccncc2)c1NC(=O)C1CC1. The maximum atomic E-state index is 13.2. The summed E-state index contributed by atoms with van der Waals surface area (Å²) in [7, 11) is 0. The van der Waals surface area contributed by atoms with Gasteiger partial charge in [0.15, 0.2) is 11.5 Å². The van der Waals surface area contributed by atoms with Gasteiger partial charge in [-0.25, -0.2) is 4.68 Å². The lowest BCUT2D eigenvalue weighted by atomic mass is 10.2. The Labute approximate surface area is 196 Å². The summed E-state index contributed by atoms with van der Waals surface area (Å²) in [5.41, 5.74) is -0.321. The molecule has 2 N–H and O–H groups in total. The molecule has 2 aromatic heterocycles. The van der Waals surface area contributed by atoms with Crippen molar-refractivity contribution >= 4 is 40.6 Å². The zero-order chi connectivity index (χ0) is 23.8. The molecule has 33 heavy (non-hydrogen) atoms. The van der Waals surface area contributed by atoms with Gasteiger partial charge in [0, 0.05) is 24.9 Å². The molecule has 12 heteroatoms. The number of hydrogen-bond acceptors (Lipinski definition) is 5. The standard InChI is InChI=1S/C21H15Cl2F3N6O/c22-14-7-13(21(24,25)26)8-15(23)18(14)32-19(29-10-11-3-5-28-6-4-11)17(16(9-27)31-32)30-20(33)12-1-2-12/h3-8,12,29H,1-2,10H2,(H,30,33). The summed E-state index contributed by atoms with van der Waals surface area (Å²) in [5.74, 6) is -0.283. The first-order valence-corrected chi connectivity index (χ1v) is 10.5. The van der Waals surface area contributed by atoms with Gasteiger partial charge in [0.05, 0.1) is 15.6 Å². The molecule has 4 rings (SSSR count). The van der Waals surface area contributed by atoms with Crippen LogP contribution in [0.15, 0.2) is 36.7 Å². The molecule has 0 aliphatic heterocycles. The van der Waals surface area contributed by atoms with Crippen molar-refractivity contribution in [2.75, 3.05) is 10.6 Å². The highest BCUT2D eigenvalue weighted by Crippen LogP contribution is 2.41. The third-order valence-electron chi connectivity index (χ3n) is 4.95. The third kappa shape index (κ3) is 4.89. The lowest BCUT2D eigenvalue weighted by molar-refractivity contribution is -0.137. The maximum Gasteiger partial charge on any atom is 0.416 e. The number of hydrogen-bond donors (Lipinski definition) is 2. The average molecular weight is 495 g/mol. The van der Waals surface area contributed by atoms with Crippen molar-refractivity contribution in [3.8, 4) is 11.8 Å². The van der Waals surface area contributed by atoms with Crippen LogP contribution < -0.4 is 10.6 Å². The second-order valence-corrected chi connectivity index (χ2v) is 8.17. The van der Waals surface area contributed by atoms with Crippen LogP contribution in [0.25, 0.3) is 5.69 Å². The van der Waals surface area contributed by atoms with Gasteiger partial charge in [0.1, 0.15) is 17.4 Å². The van der Waals surface area contributed by atoms with Crippen molar-refractivity contribution < 1.29 is 18.0 Å². The number of aromatic nitrogens is 3. The van der Waals surface area contributed by atoms with E-state index in [1.165, 1.54) is 0 Å². The van der Waals surface area contributed by atoms with Crippen molar-refractivity contribution in [3.63, 3.8) is 0 Å². The van der Waals surface area contributed by atoms with Crippen LogP contribution in [-0.4, -0.2) is 20.7 Å². The van der Waals surface area contributed by atoms with E-state index in [2.05, 4.69) is 20.7 Å². The number of nitrogens with zero attached hydrogens (tertiary/aromatic N) is 4. The first kappa shape index (κ1) is 22.9. The van der Waals surface area contributed by atoms with Gasteiger partial charge in [0.25, 0.3) is 0 Å². The van der Waals surface area contributed by atoms with Crippen LogP contribution in [0.5, 0.6) is 0 Å². The van der Waals surface area contributed by atoms with Gasteiger partial charge in [-0.15, -0.1) is 0 Å². The van der Waals surface area contributed by atoms with Crippen molar-refractivity contribution in [1.82, 2.24) is 14.8 Å². The molecule has 1 saturated carbocycles. The lowest BCUT2D eigenvalue weighted by Gasteiger charge is -2.16. The van der Waals surface area contributed by atoms with Crippen LogP contribution in [0.3, 0.4) is 0 Å². The van der Waals surface area contributed by atoms with Gasteiger partial charge in [-0.3, -0.25) is 9.78 Å². The Morgan fingerprint density at radius 1 is 1.21 bits per heavy atom. The minimum atomic E-state index is -4.65. The number of carbonyl (C=O) groups excluding carboxylic acids is 1. The molecule has 1 aromatic carbocycles. The van der Waals surface area contributed by atoms with Crippen molar-refractivity contribution in [2.45, 2.75) is 25.6 Å². The van der Waals surface area contributed by atoms with E-state index in [1.807, 2.05) is 6.07 Å². The van der Waals surface area contributed by atoms with E-state index in [9.17, 15) is 23.2 Å². The maximum absolute atomic E-state index is 13.2. The highest BCUT2D eigenvalue weighted by Gasteiger charge is 2.34. The van der Waals surface area contributed by atoms with E-state index < -0.39 is 11.7 Å². The number of amides is 1. The molecule has 1 amide bonds. The van der Waals surface area contributed by atoms with Gasteiger partial charge in [-0.1, -0.05) is 23.2 Å². The van der Waals surface area contributed by atoms with Crippen LogP contribution in [0.2, 0.25) is 10.0 Å². The van der Waals surface area contributed by atoms with Crippen molar-refractivity contribution in [1.29, 1.82) is 5.26 Å². The molecule has 0 atom stereocenters. The molecular weight excluding hydrogens is 480 g/mol. The highest BCUT2D eigenvalue weighted by molar-refractivity contribution is 6.38. The molecule has 1 aliphatic carbocycles. The number of anilines is 2. The molecule has 1 aliphatic rings. The number of nitrogens with one attached hydrogen (secondary N) is 2. The first-order chi connectivity index (χ1) is 15.7. The van der Waals surface area contributed by atoms with Crippen LogP contribution >= 0.6 is 23.2 Å². The number of nitriles is 1. The highest BCUT2D eigenvalue weighted by atomic mass is 35.5. The summed E-state index contributed by atoms with van der Waals surface area (Å²) >= 11 is 12.4. The molecule has 0 saturated heterocycles. The first-order valence-electron chi connectivity index (χ1n) is 9.72. The summed E-state index contributed by atoms with van der Waals surface area (Å²) in [6.07, 6.45) is -0.00124. The smallest absolute Gasteiger partial charge is 0.364 e. The molecule has 7 nitrogen and oxygen atoms in total. The fraction of sp³-hybridized carbons (Fsp3) is 0.238. The Balaban J connectivity index is 1.82. The Morgan fingerprint density at radius 2 is 1.85 bits per heavy atom. The number of rotatable bonds is 6. The molecule has 3 aromatic rings. The number of pyridine rings is 1. The van der Waals surface area contributed by atoms with Crippen LogP contribution in [0.4, 0.5) is 24.7 Å². The molecular formula is C21H15Cl2F3N6O. The molecule has 170 valence electrons. The van der Waals surface area contributed by atoms with Gasteiger partial charge < -0.3 is 10.6 Å². The molecule has 1 fully saturated rings. The minimum absolute atomic E-state index is 0.0630. The predicted molar refractivity (Wildman–Crippen MR) is 116 cm³/mol. The zero-order valence-corrected chi connectivity index (χ0v) is 18.3. The Hall–Kier alpha value is -3.29. The lowest BCUT2D eigenvalue weighted by Crippen LogP contribution is -2.16. The summed E-state index contributed by atoms with van der Waals surface area (Å²) in [6, 6.07) is 6.86. The zero-order valence-electron chi connectivity index (χ0n) is 16.7. The second-order valence-electron chi connectivity index (χ2n) is 7.35. The fourth-order valence-corrected chi connectivity index (χ4v) is 3.78. The van der Waals surface area contributed by atoms with Gasteiger partial charge in [-0.2, -0.15) is 23.5 Å². The Bertz CT molecular complexity index is 1230. The quantitative estimate of drug-likeness (QED) is 0.476. The number of alkyl halides is 3. The monoisotopic (exact) mass is 494 g/mol. The minimum Gasteiger partial charge on any atom is -0.364 e. The molecule has 2 heterocycles. The Morgan fingerprint density at radius 3 is 2.39 bits per heavy atom. The number of carbonyl (C=O) groups is 1. The Kier molecular flexibility index (Phi) is 6.19. The van der Waals surface area contributed by atoms with Gasteiger partial charge in [-0.05, 0) is 42.7 Å². The summed E-state index contributed by atoms with van der Waals surface area (Å²) in [5, 5.41) is 18.9. The fourth-order valence-electron chi connectivity index (χ4n) is 3.13. The van der Waals surface area contributed by atoms with E-state index in [0.717, 1.165) is 35.2 Å². The largest absolute Gasteiger partial charge is 0.416 e. The summed E-state index contributed by atoms with van der Waals surface area (Å²) in [4.78, 5) is 16.4. The van der Waals surface area contributed by atoms with Crippen LogP contribution in [-0.2, 0) is 17.5 Å². The van der Waals surface area contributed by atoms with Gasteiger partial charge >= 0.3 is 6.18 Å². The van der Waals surface area contributed by atoms with Crippen LogP contribution in [0.1, 0.15) is 29.7 Å². The molecule has 0 bridgehead atoms. The van der Waals surface area contributed by atoms with Crippen LogP contribution in [0, 0.1) is 17.2 Å². The molecule has 0 spiro atoms. The van der Waals surface area contributed by atoms with E-state index in [1.54, 1.807) is 24.5 Å². The van der Waals surface area contributed by atoms with E-state index in [4.69, 9.17) is 23.2 Å². The van der Waals surface area contributed by atoms with Gasteiger partial charge in [0.2, 0.25) is 5.91 Å². The number of benzene rings is 1.